The molecule has 1 atom stereocenters. The number of carbonyl (C=O) groups excluding carboxylic acids is 1. The van der Waals surface area contributed by atoms with Crippen molar-refractivity contribution in [3.8, 4) is 5.75 Å². The predicted octanol–water partition coefficient (Wildman–Crippen LogP) is 4.20. The molecule has 6 nitrogen and oxygen atoms in total. The first-order chi connectivity index (χ1) is 14.1. The van der Waals surface area contributed by atoms with Crippen molar-refractivity contribution in [3.63, 3.8) is 0 Å². The standard InChI is InChI=1S/C23H30N2O4S/c1-6-25(30(27,28)7-2)18-11-9-17(10-12-18)22(26)24-20-15-23(4,5)29-21-14-16(3)8-13-19(20)21/h8-14,20H,6-7,15H2,1-5H3,(H,24,26). The second-order valence-electron chi connectivity index (χ2n) is 8.25. The molecule has 1 N–H and O–H groups in total. The van der Waals surface area contributed by atoms with E-state index in [-0.39, 0.29) is 17.7 Å². The lowest BCUT2D eigenvalue weighted by Gasteiger charge is -2.38. The first kappa shape index (κ1) is 22.2. The second-order valence-corrected chi connectivity index (χ2v) is 10.4. The van der Waals surface area contributed by atoms with Crippen LogP contribution in [-0.2, 0) is 10.0 Å². The van der Waals surface area contributed by atoms with Crippen molar-refractivity contribution in [1.29, 1.82) is 0 Å². The maximum absolute atomic E-state index is 12.9. The van der Waals surface area contributed by atoms with Gasteiger partial charge in [0.15, 0.2) is 0 Å². The summed E-state index contributed by atoms with van der Waals surface area (Å²) in [4.78, 5) is 12.9. The van der Waals surface area contributed by atoms with Gasteiger partial charge in [0, 0.05) is 24.1 Å². The van der Waals surface area contributed by atoms with Crippen molar-refractivity contribution < 1.29 is 17.9 Å². The van der Waals surface area contributed by atoms with Crippen LogP contribution in [0.1, 0.15) is 61.6 Å². The molecule has 7 heteroatoms. The number of hydrogen-bond acceptors (Lipinski definition) is 4. The third kappa shape index (κ3) is 4.61. The minimum Gasteiger partial charge on any atom is -0.487 e. The normalized spacial score (nSPS) is 17.6. The van der Waals surface area contributed by atoms with Gasteiger partial charge in [0.25, 0.3) is 5.91 Å². The van der Waals surface area contributed by atoms with E-state index in [1.807, 2.05) is 39.0 Å². The van der Waals surface area contributed by atoms with Crippen LogP contribution in [0.4, 0.5) is 5.69 Å². The summed E-state index contributed by atoms with van der Waals surface area (Å²) in [5.41, 5.74) is 2.73. The number of sulfonamides is 1. The number of carbonyl (C=O) groups is 1. The van der Waals surface area contributed by atoms with Crippen molar-refractivity contribution >= 4 is 21.6 Å². The van der Waals surface area contributed by atoms with Crippen LogP contribution >= 0.6 is 0 Å². The van der Waals surface area contributed by atoms with Gasteiger partial charge in [-0.3, -0.25) is 9.10 Å². The van der Waals surface area contributed by atoms with Gasteiger partial charge in [-0.15, -0.1) is 0 Å². The molecule has 1 aliphatic heterocycles. The summed E-state index contributed by atoms with van der Waals surface area (Å²) < 4.78 is 32.0. The molecule has 1 unspecified atom stereocenters. The molecule has 0 aromatic heterocycles. The van der Waals surface area contributed by atoms with Gasteiger partial charge < -0.3 is 10.1 Å². The highest BCUT2D eigenvalue weighted by Gasteiger charge is 2.34. The Balaban J connectivity index is 1.81. The molecule has 1 aliphatic rings. The molecule has 3 rings (SSSR count). The SMILES string of the molecule is CCN(c1ccc(C(=O)NC2CC(C)(C)Oc3cc(C)ccc32)cc1)S(=O)(=O)CC. The largest absolute Gasteiger partial charge is 0.487 e. The number of hydrogen-bond donors (Lipinski definition) is 1. The molecule has 0 fully saturated rings. The van der Waals surface area contributed by atoms with Crippen molar-refractivity contribution in [1.82, 2.24) is 5.32 Å². The fourth-order valence-corrected chi connectivity index (χ4v) is 4.95. The van der Waals surface area contributed by atoms with Crippen molar-refractivity contribution in [2.75, 3.05) is 16.6 Å². The van der Waals surface area contributed by atoms with E-state index in [4.69, 9.17) is 4.74 Å². The average Bonchev–Trinajstić information content (AvgIpc) is 2.67. The fraction of sp³-hybridized carbons (Fsp3) is 0.435. The minimum atomic E-state index is -3.35. The molecular formula is C23H30N2O4S. The van der Waals surface area contributed by atoms with Gasteiger partial charge >= 0.3 is 0 Å². The molecule has 0 saturated carbocycles. The minimum absolute atomic E-state index is 0.0293. The molecular weight excluding hydrogens is 400 g/mol. The zero-order valence-electron chi connectivity index (χ0n) is 18.2. The van der Waals surface area contributed by atoms with Gasteiger partial charge in [-0.2, -0.15) is 0 Å². The molecule has 0 radical (unpaired) electrons. The van der Waals surface area contributed by atoms with Crippen LogP contribution < -0.4 is 14.4 Å². The first-order valence-electron chi connectivity index (χ1n) is 10.3. The number of fused-ring (bicyclic) bond motifs is 1. The van der Waals surface area contributed by atoms with Gasteiger partial charge in [0.05, 0.1) is 17.5 Å². The predicted molar refractivity (Wildman–Crippen MR) is 120 cm³/mol. The molecule has 1 amide bonds. The number of amides is 1. The van der Waals surface area contributed by atoms with Crippen molar-refractivity contribution in [3.05, 3.63) is 59.2 Å². The lowest BCUT2D eigenvalue weighted by molar-refractivity contribution is 0.0619. The number of nitrogens with one attached hydrogen (secondary N) is 1. The Labute approximate surface area is 179 Å². The highest BCUT2D eigenvalue weighted by atomic mass is 32.2. The van der Waals surface area contributed by atoms with Gasteiger partial charge in [-0.25, -0.2) is 8.42 Å². The van der Waals surface area contributed by atoms with Crippen molar-refractivity contribution in [2.45, 2.75) is 52.7 Å². The van der Waals surface area contributed by atoms with E-state index in [9.17, 15) is 13.2 Å². The molecule has 2 aromatic carbocycles. The van der Waals surface area contributed by atoms with Crippen LogP contribution in [0.3, 0.4) is 0 Å². The summed E-state index contributed by atoms with van der Waals surface area (Å²) in [6.45, 7) is 9.79. The summed E-state index contributed by atoms with van der Waals surface area (Å²) in [7, 11) is -3.35. The van der Waals surface area contributed by atoms with E-state index in [2.05, 4.69) is 5.32 Å². The van der Waals surface area contributed by atoms with E-state index >= 15 is 0 Å². The van der Waals surface area contributed by atoms with Crippen LogP contribution in [0.2, 0.25) is 0 Å². The summed E-state index contributed by atoms with van der Waals surface area (Å²) in [5.74, 6) is 0.633. The fourth-order valence-electron chi connectivity index (χ4n) is 3.80. The zero-order chi connectivity index (χ0) is 22.1. The highest BCUT2D eigenvalue weighted by molar-refractivity contribution is 7.92. The van der Waals surface area contributed by atoms with Gasteiger partial charge in [-0.05, 0) is 70.5 Å². The lowest BCUT2D eigenvalue weighted by Crippen LogP contribution is -2.41. The van der Waals surface area contributed by atoms with Crippen LogP contribution in [0.25, 0.3) is 0 Å². The maximum Gasteiger partial charge on any atom is 0.251 e. The van der Waals surface area contributed by atoms with E-state index in [0.717, 1.165) is 16.9 Å². The third-order valence-electron chi connectivity index (χ3n) is 5.34. The average molecular weight is 431 g/mol. The van der Waals surface area contributed by atoms with Crippen LogP contribution in [-0.4, -0.2) is 32.2 Å². The van der Waals surface area contributed by atoms with Gasteiger partial charge in [0.1, 0.15) is 11.4 Å². The molecule has 2 aromatic rings. The molecule has 0 aliphatic carbocycles. The molecule has 0 bridgehead atoms. The Morgan fingerprint density at radius 2 is 1.83 bits per heavy atom. The Hall–Kier alpha value is -2.54. The summed E-state index contributed by atoms with van der Waals surface area (Å²) in [5, 5.41) is 3.12. The topological polar surface area (TPSA) is 75.7 Å². The highest BCUT2D eigenvalue weighted by Crippen LogP contribution is 2.40. The van der Waals surface area contributed by atoms with Crippen LogP contribution in [0.5, 0.6) is 5.75 Å². The smallest absolute Gasteiger partial charge is 0.251 e. The second kappa shape index (κ2) is 8.30. The number of ether oxygens (including phenoxy) is 1. The van der Waals surface area contributed by atoms with E-state index < -0.39 is 15.6 Å². The molecule has 0 spiro atoms. The number of nitrogens with zero attached hydrogens (tertiary/aromatic N) is 1. The zero-order valence-corrected chi connectivity index (χ0v) is 19.0. The third-order valence-corrected chi connectivity index (χ3v) is 7.21. The number of aryl methyl sites for hydroxylation is 1. The lowest BCUT2D eigenvalue weighted by atomic mass is 9.89. The Bertz CT molecular complexity index is 1030. The van der Waals surface area contributed by atoms with E-state index in [1.54, 1.807) is 38.1 Å². The Morgan fingerprint density at radius 1 is 1.17 bits per heavy atom. The van der Waals surface area contributed by atoms with Gasteiger partial charge in [-0.1, -0.05) is 12.1 Å². The first-order valence-corrected chi connectivity index (χ1v) is 11.9. The summed E-state index contributed by atoms with van der Waals surface area (Å²) in [6, 6.07) is 12.5. The van der Waals surface area contributed by atoms with Crippen LogP contribution in [0.15, 0.2) is 42.5 Å². The number of benzene rings is 2. The molecule has 162 valence electrons. The van der Waals surface area contributed by atoms with E-state index in [1.165, 1.54) is 4.31 Å². The molecule has 0 saturated heterocycles. The number of anilines is 1. The Morgan fingerprint density at radius 3 is 2.43 bits per heavy atom. The number of rotatable bonds is 6. The Kier molecular flexibility index (Phi) is 6.13. The van der Waals surface area contributed by atoms with E-state index in [0.29, 0.717) is 24.2 Å². The molecule has 1 heterocycles. The van der Waals surface area contributed by atoms with Gasteiger partial charge in [0.2, 0.25) is 10.0 Å². The summed E-state index contributed by atoms with van der Waals surface area (Å²) >= 11 is 0. The quantitative estimate of drug-likeness (QED) is 0.745. The van der Waals surface area contributed by atoms with Crippen LogP contribution in [0, 0.1) is 6.92 Å². The van der Waals surface area contributed by atoms with Crippen molar-refractivity contribution in [2.24, 2.45) is 0 Å². The molecule has 30 heavy (non-hydrogen) atoms. The summed E-state index contributed by atoms with van der Waals surface area (Å²) in [6.07, 6.45) is 0.658. The monoisotopic (exact) mass is 430 g/mol. The maximum atomic E-state index is 12.9.